The Balaban J connectivity index is 1.27. The van der Waals surface area contributed by atoms with Gasteiger partial charge in [0.1, 0.15) is 4.32 Å². The number of amides is 2. The third kappa shape index (κ3) is 5.84. The zero-order chi connectivity index (χ0) is 22.5. The Labute approximate surface area is 207 Å². The largest absolute Gasteiger partial charge is 0.300 e. The van der Waals surface area contributed by atoms with Gasteiger partial charge in [-0.3, -0.25) is 14.5 Å². The summed E-state index contributed by atoms with van der Waals surface area (Å²) in [5.41, 5.74) is 2.48. The Hall–Kier alpha value is -2.05. The number of rotatable bonds is 8. The van der Waals surface area contributed by atoms with E-state index in [-0.39, 0.29) is 24.8 Å². The van der Waals surface area contributed by atoms with Crippen LogP contribution in [0.5, 0.6) is 0 Å². The van der Waals surface area contributed by atoms with E-state index in [0.29, 0.717) is 14.4 Å². The van der Waals surface area contributed by atoms with Crippen LogP contribution in [0, 0.1) is 6.92 Å². The van der Waals surface area contributed by atoms with E-state index in [2.05, 4.69) is 34.6 Å². The quantitative estimate of drug-likeness (QED) is 0.184. The lowest BCUT2D eigenvalue weighted by Crippen LogP contribution is -2.31. The summed E-state index contributed by atoms with van der Waals surface area (Å²) in [7, 11) is 0. The number of carbonyl (C=O) groups is 2. The summed E-state index contributed by atoms with van der Waals surface area (Å²) in [4.78, 5) is 28.1. The minimum absolute atomic E-state index is 0.129. The van der Waals surface area contributed by atoms with Gasteiger partial charge in [-0.2, -0.15) is 0 Å². The van der Waals surface area contributed by atoms with Gasteiger partial charge in [0.2, 0.25) is 11.0 Å². The van der Waals surface area contributed by atoms with Gasteiger partial charge in [0.15, 0.2) is 4.34 Å². The minimum atomic E-state index is -0.229. The predicted molar refractivity (Wildman–Crippen MR) is 138 cm³/mol. The number of hydrogen-bond acceptors (Lipinski definition) is 9. The van der Waals surface area contributed by atoms with E-state index in [9.17, 15) is 9.59 Å². The number of thiocarbonyl (C=S) groups is 1. The predicted octanol–water partition coefficient (Wildman–Crippen LogP) is 5.43. The Morgan fingerprint density at radius 3 is 2.88 bits per heavy atom. The van der Waals surface area contributed by atoms with Crippen molar-refractivity contribution in [2.24, 2.45) is 0 Å². The number of nitrogens with zero attached hydrogens (tertiary/aromatic N) is 3. The first-order valence-electron chi connectivity index (χ1n) is 9.59. The maximum absolute atomic E-state index is 12.6. The summed E-state index contributed by atoms with van der Waals surface area (Å²) < 4.78 is 1.26. The van der Waals surface area contributed by atoms with Crippen LogP contribution < -0.4 is 5.32 Å². The third-order valence-corrected chi connectivity index (χ3v) is 8.74. The molecule has 3 heterocycles. The summed E-state index contributed by atoms with van der Waals surface area (Å²) in [6, 6.07) is 12.1. The van der Waals surface area contributed by atoms with E-state index in [4.69, 9.17) is 12.2 Å². The van der Waals surface area contributed by atoms with E-state index in [1.54, 1.807) is 23.1 Å². The fourth-order valence-corrected chi connectivity index (χ4v) is 6.70. The maximum atomic E-state index is 12.6. The zero-order valence-corrected chi connectivity index (χ0v) is 21.0. The molecule has 1 fully saturated rings. The molecule has 4 rings (SSSR count). The molecular formula is C21H18N4O2S5. The average Bonchev–Trinajstić information content (AvgIpc) is 3.49. The average molecular weight is 519 g/mol. The lowest BCUT2D eigenvalue weighted by atomic mass is 10.1. The molecule has 3 aromatic rings. The molecule has 6 nitrogen and oxygen atoms in total. The SMILES string of the molecule is Cc1ccccc1CSc1nnc(NC(=O)CCN2C(=O)/C(=C/c3cccs3)SC2=S)s1. The van der Waals surface area contributed by atoms with Crippen LogP contribution in [0.1, 0.15) is 22.4 Å². The summed E-state index contributed by atoms with van der Waals surface area (Å²) in [6.07, 6.45) is 1.96. The summed E-state index contributed by atoms with van der Waals surface area (Å²) in [6.45, 7) is 2.31. The molecule has 0 spiro atoms. The fraction of sp³-hybridized carbons (Fsp3) is 0.190. The molecule has 164 valence electrons. The highest BCUT2D eigenvalue weighted by Gasteiger charge is 2.32. The van der Waals surface area contributed by atoms with Crippen molar-refractivity contribution in [2.45, 2.75) is 23.4 Å². The van der Waals surface area contributed by atoms with Gasteiger partial charge >= 0.3 is 0 Å². The van der Waals surface area contributed by atoms with Crippen LogP contribution in [0.4, 0.5) is 5.13 Å². The van der Waals surface area contributed by atoms with Crippen molar-refractivity contribution in [3.05, 3.63) is 62.7 Å². The van der Waals surface area contributed by atoms with E-state index < -0.39 is 0 Å². The Kier molecular flexibility index (Phi) is 7.74. The first-order chi connectivity index (χ1) is 15.5. The molecule has 0 aliphatic carbocycles. The number of thiophene rings is 1. The molecule has 0 bridgehead atoms. The van der Waals surface area contributed by atoms with E-state index in [0.717, 1.165) is 15.0 Å². The molecular weight excluding hydrogens is 501 g/mol. The van der Waals surface area contributed by atoms with Gasteiger partial charge in [-0.15, -0.1) is 21.5 Å². The molecule has 0 atom stereocenters. The molecule has 0 radical (unpaired) electrons. The highest BCUT2D eigenvalue weighted by Crippen LogP contribution is 2.33. The molecule has 1 aliphatic heterocycles. The lowest BCUT2D eigenvalue weighted by Gasteiger charge is -2.13. The number of nitrogens with one attached hydrogen (secondary N) is 1. The highest BCUT2D eigenvalue weighted by atomic mass is 32.2. The monoisotopic (exact) mass is 518 g/mol. The molecule has 0 unspecified atom stereocenters. The van der Waals surface area contributed by atoms with Gasteiger partial charge in [-0.05, 0) is 35.6 Å². The second-order valence-electron chi connectivity index (χ2n) is 6.74. The second-order valence-corrected chi connectivity index (χ2v) is 11.6. The highest BCUT2D eigenvalue weighted by molar-refractivity contribution is 8.26. The Bertz CT molecular complexity index is 1170. The fourth-order valence-electron chi connectivity index (χ4n) is 2.82. The van der Waals surface area contributed by atoms with Gasteiger partial charge in [0.25, 0.3) is 5.91 Å². The maximum Gasteiger partial charge on any atom is 0.266 e. The number of aromatic nitrogens is 2. The molecule has 1 saturated heterocycles. The molecule has 1 aliphatic rings. The molecule has 0 saturated carbocycles. The topological polar surface area (TPSA) is 75.2 Å². The van der Waals surface area contributed by atoms with Gasteiger partial charge in [-0.1, -0.05) is 77.4 Å². The number of anilines is 1. The number of carbonyl (C=O) groups excluding carboxylic acids is 2. The molecule has 2 aromatic heterocycles. The van der Waals surface area contributed by atoms with Crippen LogP contribution in [0.15, 0.2) is 51.0 Å². The Morgan fingerprint density at radius 2 is 2.09 bits per heavy atom. The van der Waals surface area contributed by atoms with Crippen molar-refractivity contribution in [3.8, 4) is 0 Å². The van der Waals surface area contributed by atoms with Crippen LogP contribution in [-0.2, 0) is 15.3 Å². The van der Waals surface area contributed by atoms with Crippen molar-refractivity contribution in [1.29, 1.82) is 0 Å². The van der Waals surface area contributed by atoms with Crippen LogP contribution in [0.2, 0.25) is 0 Å². The van der Waals surface area contributed by atoms with Gasteiger partial charge < -0.3 is 5.32 Å². The van der Waals surface area contributed by atoms with Crippen molar-refractivity contribution in [1.82, 2.24) is 15.1 Å². The molecule has 1 aromatic carbocycles. The summed E-state index contributed by atoms with van der Waals surface area (Å²) >= 11 is 11.1. The van der Waals surface area contributed by atoms with Crippen LogP contribution in [0.3, 0.4) is 0 Å². The molecule has 11 heteroatoms. The minimum Gasteiger partial charge on any atom is -0.300 e. The lowest BCUT2D eigenvalue weighted by molar-refractivity contribution is -0.122. The van der Waals surface area contributed by atoms with E-state index >= 15 is 0 Å². The van der Waals surface area contributed by atoms with Gasteiger partial charge in [0.05, 0.1) is 4.91 Å². The number of hydrogen-bond donors (Lipinski definition) is 1. The van der Waals surface area contributed by atoms with Crippen LogP contribution in [-0.4, -0.2) is 37.8 Å². The van der Waals surface area contributed by atoms with Gasteiger partial charge in [0, 0.05) is 23.6 Å². The van der Waals surface area contributed by atoms with Crippen molar-refractivity contribution >= 4 is 85.8 Å². The smallest absolute Gasteiger partial charge is 0.266 e. The Morgan fingerprint density at radius 1 is 1.25 bits per heavy atom. The van der Waals surface area contributed by atoms with Crippen LogP contribution >= 0.6 is 58.4 Å². The van der Waals surface area contributed by atoms with Gasteiger partial charge in [-0.25, -0.2) is 0 Å². The van der Waals surface area contributed by atoms with E-state index in [1.807, 2.05) is 35.7 Å². The number of thioether (sulfide) groups is 2. The third-order valence-electron chi connectivity index (χ3n) is 4.52. The first-order valence-corrected chi connectivity index (χ1v) is 13.5. The zero-order valence-electron chi connectivity index (χ0n) is 16.9. The van der Waals surface area contributed by atoms with E-state index in [1.165, 1.54) is 39.1 Å². The van der Waals surface area contributed by atoms with Crippen molar-refractivity contribution in [2.75, 3.05) is 11.9 Å². The normalized spacial score (nSPS) is 15.0. The summed E-state index contributed by atoms with van der Waals surface area (Å²) in [5.74, 6) is 0.405. The second kappa shape index (κ2) is 10.7. The summed E-state index contributed by atoms with van der Waals surface area (Å²) in [5, 5.41) is 13.4. The molecule has 1 N–H and O–H groups in total. The van der Waals surface area contributed by atoms with Crippen molar-refractivity contribution in [3.63, 3.8) is 0 Å². The van der Waals surface area contributed by atoms with Crippen LogP contribution in [0.25, 0.3) is 6.08 Å². The standard InChI is InChI=1S/C21H18N4O2S5/c1-13-5-2-3-6-14(13)12-30-20-24-23-19(32-20)22-17(26)8-9-25-18(27)16(31-21(25)28)11-15-7-4-10-29-15/h2-7,10-11H,8-9,12H2,1H3,(H,22,23,26)/b16-11-. The van der Waals surface area contributed by atoms with Crippen molar-refractivity contribution < 1.29 is 9.59 Å². The first kappa shape index (κ1) is 23.1. The molecule has 32 heavy (non-hydrogen) atoms. The number of benzene rings is 1. The molecule has 2 amide bonds. The number of aryl methyl sites for hydroxylation is 1.